The quantitative estimate of drug-likeness (QED) is 0.847. The second-order valence-electron chi connectivity index (χ2n) is 4.27. The highest BCUT2D eigenvalue weighted by Gasteiger charge is 2.12. The van der Waals surface area contributed by atoms with E-state index < -0.39 is 6.10 Å². The smallest absolute Gasteiger partial charge is 0.121 e. The molecule has 2 aromatic carbocycles. The van der Waals surface area contributed by atoms with Gasteiger partial charge in [-0.3, -0.25) is 0 Å². The normalized spacial score (nSPS) is 12.4. The number of phenols is 1. The predicted molar refractivity (Wildman–Crippen MR) is 67.9 cm³/mol. The Labute approximate surface area is 101 Å². The fraction of sp³-hybridized carbons (Fsp3) is 0.200. The van der Waals surface area contributed by atoms with E-state index in [1.54, 1.807) is 6.07 Å². The molecule has 0 heterocycles. The van der Waals surface area contributed by atoms with E-state index in [1.807, 2.05) is 49.4 Å². The van der Waals surface area contributed by atoms with E-state index >= 15 is 0 Å². The zero-order valence-corrected chi connectivity index (χ0v) is 9.80. The SMILES string of the molecule is Cc1ccc(O)c(C(O)Cc2ccccc2)c1. The molecule has 1 unspecified atom stereocenters. The van der Waals surface area contributed by atoms with Crippen LogP contribution in [-0.4, -0.2) is 10.2 Å². The van der Waals surface area contributed by atoms with E-state index in [2.05, 4.69) is 0 Å². The highest BCUT2D eigenvalue weighted by atomic mass is 16.3. The number of benzene rings is 2. The van der Waals surface area contributed by atoms with E-state index in [4.69, 9.17) is 0 Å². The first-order valence-corrected chi connectivity index (χ1v) is 5.68. The van der Waals surface area contributed by atoms with Gasteiger partial charge in [0, 0.05) is 12.0 Å². The fourth-order valence-corrected chi connectivity index (χ4v) is 1.89. The lowest BCUT2D eigenvalue weighted by atomic mass is 9.99. The van der Waals surface area contributed by atoms with Gasteiger partial charge in [0.25, 0.3) is 0 Å². The molecule has 1 atom stereocenters. The van der Waals surface area contributed by atoms with Crippen molar-refractivity contribution >= 4 is 0 Å². The average molecular weight is 228 g/mol. The van der Waals surface area contributed by atoms with Crippen LogP contribution in [0.1, 0.15) is 22.8 Å². The van der Waals surface area contributed by atoms with Crippen LogP contribution in [0.3, 0.4) is 0 Å². The monoisotopic (exact) mass is 228 g/mol. The van der Waals surface area contributed by atoms with Gasteiger partial charge in [-0.05, 0) is 24.6 Å². The lowest BCUT2D eigenvalue weighted by molar-refractivity contribution is 0.174. The Balaban J connectivity index is 2.20. The summed E-state index contributed by atoms with van der Waals surface area (Å²) in [7, 11) is 0. The zero-order chi connectivity index (χ0) is 12.3. The molecule has 0 spiro atoms. The van der Waals surface area contributed by atoms with Crippen molar-refractivity contribution < 1.29 is 10.2 Å². The number of aliphatic hydroxyl groups is 1. The van der Waals surface area contributed by atoms with Crippen LogP contribution in [0.25, 0.3) is 0 Å². The molecule has 0 aliphatic carbocycles. The number of rotatable bonds is 3. The van der Waals surface area contributed by atoms with Crippen LogP contribution in [0.15, 0.2) is 48.5 Å². The molecule has 0 saturated heterocycles. The van der Waals surface area contributed by atoms with Gasteiger partial charge >= 0.3 is 0 Å². The first-order chi connectivity index (χ1) is 8.16. The second kappa shape index (κ2) is 5.02. The first kappa shape index (κ1) is 11.7. The standard InChI is InChI=1S/C15H16O2/c1-11-7-8-14(16)13(9-11)15(17)10-12-5-3-2-4-6-12/h2-9,15-17H,10H2,1H3. The summed E-state index contributed by atoms with van der Waals surface area (Å²) in [4.78, 5) is 0. The van der Waals surface area contributed by atoms with Gasteiger partial charge in [0.15, 0.2) is 0 Å². The molecule has 88 valence electrons. The van der Waals surface area contributed by atoms with Crippen LogP contribution in [0.4, 0.5) is 0 Å². The molecular weight excluding hydrogens is 212 g/mol. The Morgan fingerprint density at radius 1 is 1.06 bits per heavy atom. The Kier molecular flexibility index (Phi) is 3.45. The molecule has 2 heteroatoms. The molecule has 0 bridgehead atoms. The minimum atomic E-state index is -0.669. The van der Waals surface area contributed by atoms with Crippen LogP contribution in [-0.2, 0) is 6.42 Å². The number of aliphatic hydroxyl groups excluding tert-OH is 1. The lowest BCUT2D eigenvalue weighted by Gasteiger charge is -2.13. The van der Waals surface area contributed by atoms with Crippen molar-refractivity contribution in [1.82, 2.24) is 0 Å². The molecule has 0 saturated carbocycles. The van der Waals surface area contributed by atoms with E-state index in [1.165, 1.54) is 0 Å². The summed E-state index contributed by atoms with van der Waals surface area (Å²) in [5.74, 6) is 0.152. The van der Waals surface area contributed by atoms with Gasteiger partial charge in [-0.1, -0.05) is 42.0 Å². The molecule has 0 aromatic heterocycles. The van der Waals surface area contributed by atoms with Gasteiger partial charge in [0.05, 0.1) is 6.10 Å². The van der Waals surface area contributed by atoms with Crippen molar-refractivity contribution in [1.29, 1.82) is 0 Å². The topological polar surface area (TPSA) is 40.5 Å². The number of hydrogen-bond acceptors (Lipinski definition) is 2. The van der Waals surface area contributed by atoms with Crippen LogP contribution < -0.4 is 0 Å². The second-order valence-corrected chi connectivity index (χ2v) is 4.27. The van der Waals surface area contributed by atoms with Crippen molar-refractivity contribution in [2.45, 2.75) is 19.4 Å². The summed E-state index contributed by atoms with van der Waals surface area (Å²) in [6.45, 7) is 1.94. The Morgan fingerprint density at radius 3 is 2.47 bits per heavy atom. The zero-order valence-electron chi connectivity index (χ0n) is 9.80. The summed E-state index contributed by atoms with van der Waals surface area (Å²) < 4.78 is 0. The summed E-state index contributed by atoms with van der Waals surface area (Å²) in [5.41, 5.74) is 2.68. The predicted octanol–water partition coefficient (Wildman–Crippen LogP) is 2.98. The third-order valence-electron chi connectivity index (χ3n) is 2.81. The maximum Gasteiger partial charge on any atom is 0.121 e. The molecule has 2 N–H and O–H groups in total. The van der Waals surface area contributed by atoms with Gasteiger partial charge in [-0.2, -0.15) is 0 Å². The molecule has 2 aromatic rings. The summed E-state index contributed by atoms with van der Waals surface area (Å²) >= 11 is 0. The number of aromatic hydroxyl groups is 1. The summed E-state index contributed by atoms with van der Waals surface area (Å²) in [5, 5.41) is 19.8. The highest BCUT2D eigenvalue weighted by molar-refractivity contribution is 5.38. The summed E-state index contributed by atoms with van der Waals surface area (Å²) in [6, 6.07) is 15.0. The molecule has 17 heavy (non-hydrogen) atoms. The maximum absolute atomic E-state index is 10.1. The van der Waals surface area contributed by atoms with E-state index in [0.717, 1.165) is 11.1 Å². The maximum atomic E-state index is 10.1. The Hall–Kier alpha value is -1.80. The third kappa shape index (κ3) is 2.86. The minimum absolute atomic E-state index is 0.152. The summed E-state index contributed by atoms with van der Waals surface area (Å²) in [6.07, 6.45) is -0.157. The largest absolute Gasteiger partial charge is 0.508 e. The first-order valence-electron chi connectivity index (χ1n) is 5.68. The van der Waals surface area contributed by atoms with E-state index in [-0.39, 0.29) is 5.75 Å². The molecule has 0 fully saturated rings. The average Bonchev–Trinajstić information content (AvgIpc) is 2.33. The molecule has 2 rings (SSSR count). The highest BCUT2D eigenvalue weighted by Crippen LogP contribution is 2.27. The van der Waals surface area contributed by atoms with Crippen molar-refractivity contribution in [3.05, 3.63) is 65.2 Å². The molecule has 0 amide bonds. The minimum Gasteiger partial charge on any atom is -0.508 e. The van der Waals surface area contributed by atoms with Crippen molar-refractivity contribution in [3.63, 3.8) is 0 Å². The van der Waals surface area contributed by atoms with Crippen molar-refractivity contribution in [2.24, 2.45) is 0 Å². The lowest BCUT2D eigenvalue weighted by Crippen LogP contribution is -2.02. The molecule has 0 radical (unpaired) electrons. The third-order valence-corrected chi connectivity index (χ3v) is 2.81. The van der Waals surface area contributed by atoms with Crippen LogP contribution >= 0.6 is 0 Å². The number of phenolic OH excluding ortho intramolecular Hbond substituents is 1. The fourth-order valence-electron chi connectivity index (χ4n) is 1.89. The Bertz CT molecular complexity index is 492. The molecule has 2 nitrogen and oxygen atoms in total. The van der Waals surface area contributed by atoms with Gasteiger partial charge in [0.2, 0.25) is 0 Å². The van der Waals surface area contributed by atoms with Crippen LogP contribution in [0.5, 0.6) is 5.75 Å². The molecule has 0 aliphatic heterocycles. The van der Waals surface area contributed by atoms with E-state index in [0.29, 0.717) is 12.0 Å². The Morgan fingerprint density at radius 2 is 1.76 bits per heavy atom. The van der Waals surface area contributed by atoms with Crippen molar-refractivity contribution in [2.75, 3.05) is 0 Å². The van der Waals surface area contributed by atoms with E-state index in [9.17, 15) is 10.2 Å². The van der Waals surface area contributed by atoms with Gasteiger partial charge in [0.1, 0.15) is 5.75 Å². The van der Waals surface area contributed by atoms with Crippen LogP contribution in [0.2, 0.25) is 0 Å². The van der Waals surface area contributed by atoms with Crippen LogP contribution in [0, 0.1) is 6.92 Å². The van der Waals surface area contributed by atoms with Gasteiger partial charge in [-0.15, -0.1) is 0 Å². The molecular formula is C15H16O2. The number of hydrogen-bond donors (Lipinski definition) is 2. The van der Waals surface area contributed by atoms with Crippen molar-refractivity contribution in [3.8, 4) is 5.75 Å². The number of aryl methyl sites for hydroxylation is 1. The molecule has 0 aliphatic rings. The van der Waals surface area contributed by atoms with Gasteiger partial charge < -0.3 is 10.2 Å². The van der Waals surface area contributed by atoms with Gasteiger partial charge in [-0.25, -0.2) is 0 Å².